The minimum atomic E-state index is -0.693. The van der Waals surface area contributed by atoms with Crippen molar-refractivity contribution in [2.45, 2.75) is 71.3 Å². The molecule has 3 saturated carbocycles. The summed E-state index contributed by atoms with van der Waals surface area (Å²) in [5.74, 6) is 2.87. The first-order valence-corrected chi connectivity index (χ1v) is 9.85. The molecule has 0 aromatic rings. The zero-order valence-corrected chi connectivity index (χ0v) is 15.5. The van der Waals surface area contributed by atoms with Gasteiger partial charge < -0.3 is 5.11 Å². The van der Waals surface area contributed by atoms with E-state index in [1.54, 1.807) is 0 Å². The number of hydrogen-bond donors (Lipinski definition) is 1. The van der Waals surface area contributed by atoms with E-state index in [1.807, 2.05) is 12.2 Å². The molecule has 4 aliphatic carbocycles. The SMILES string of the molecule is C=C[C@]1(O)CC[C@H]2[C@@H]3[C@H](C)CC4=CC(=O)CC[C@]4(C)[C@H]3CC[C@@]21C. The topological polar surface area (TPSA) is 37.3 Å². The van der Waals surface area contributed by atoms with Gasteiger partial charge in [-0.1, -0.05) is 32.4 Å². The third kappa shape index (κ3) is 1.90. The minimum Gasteiger partial charge on any atom is -0.385 e. The lowest BCUT2D eigenvalue weighted by Gasteiger charge is -2.60. The Morgan fingerprint density at radius 1 is 1.21 bits per heavy atom. The van der Waals surface area contributed by atoms with Gasteiger partial charge in [-0.2, -0.15) is 0 Å². The highest BCUT2D eigenvalue weighted by Gasteiger charge is 2.64. The molecule has 0 unspecified atom stereocenters. The molecular formula is C22H32O2. The molecule has 0 heterocycles. The van der Waals surface area contributed by atoms with Gasteiger partial charge in [-0.25, -0.2) is 0 Å². The van der Waals surface area contributed by atoms with Crippen LogP contribution < -0.4 is 0 Å². The van der Waals surface area contributed by atoms with Gasteiger partial charge in [-0.05, 0) is 73.7 Å². The predicted molar refractivity (Wildman–Crippen MR) is 96.4 cm³/mol. The summed E-state index contributed by atoms with van der Waals surface area (Å²) < 4.78 is 0. The molecule has 2 heteroatoms. The Morgan fingerprint density at radius 2 is 1.92 bits per heavy atom. The maximum absolute atomic E-state index is 12.0. The fraction of sp³-hybridized carbons (Fsp3) is 0.773. The van der Waals surface area contributed by atoms with E-state index in [0.717, 1.165) is 38.5 Å². The Morgan fingerprint density at radius 3 is 2.62 bits per heavy atom. The molecule has 4 aliphatic rings. The summed E-state index contributed by atoms with van der Waals surface area (Å²) in [5, 5.41) is 11.2. The van der Waals surface area contributed by atoms with Gasteiger partial charge >= 0.3 is 0 Å². The van der Waals surface area contributed by atoms with Gasteiger partial charge in [-0.3, -0.25) is 4.79 Å². The second kappa shape index (κ2) is 5.06. The van der Waals surface area contributed by atoms with Crippen molar-refractivity contribution in [3.8, 4) is 0 Å². The van der Waals surface area contributed by atoms with Crippen molar-refractivity contribution in [3.05, 3.63) is 24.3 Å². The van der Waals surface area contributed by atoms with Crippen LogP contribution in [0.15, 0.2) is 24.3 Å². The Hall–Kier alpha value is -0.890. The lowest BCUT2D eigenvalue weighted by Crippen LogP contribution is -2.56. The molecular weight excluding hydrogens is 296 g/mol. The molecule has 132 valence electrons. The average molecular weight is 328 g/mol. The molecule has 0 bridgehead atoms. The van der Waals surface area contributed by atoms with E-state index in [2.05, 4.69) is 27.4 Å². The van der Waals surface area contributed by atoms with E-state index >= 15 is 0 Å². The van der Waals surface area contributed by atoms with Gasteiger partial charge in [0.2, 0.25) is 0 Å². The van der Waals surface area contributed by atoms with E-state index in [0.29, 0.717) is 29.5 Å². The normalized spacial score (nSPS) is 53.7. The van der Waals surface area contributed by atoms with Crippen molar-refractivity contribution in [1.82, 2.24) is 0 Å². The third-order valence-corrected chi connectivity index (χ3v) is 8.86. The molecule has 0 amide bonds. The number of fused-ring (bicyclic) bond motifs is 5. The fourth-order valence-electron chi connectivity index (χ4n) is 7.29. The van der Waals surface area contributed by atoms with Crippen molar-refractivity contribution >= 4 is 5.78 Å². The summed E-state index contributed by atoms with van der Waals surface area (Å²) in [4.78, 5) is 12.0. The monoisotopic (exact) mass is 328 g/mol. The van der Waals surface area contributed by atoms with Gasteiger partial charge in [-0.15, -0.1) is 6.58 Å². The molecule has 3 fully saturated rings. The van der Waals surface area contributed by atoms with Crippen LogP contribution in [0.1, 0.15) is 65.7 Å². The molecule has 4 rings (SSSR count). The van der Waals surface area contributed by atoms with Crippen LogP contribution in [0.3, 0.4) is 0 Å². The zero-order valence-electron chi connectivity index (χ0n) is 15.5. The Balaban J connectivity index is 1.75. The molecule has 7 atom stereocenters. The number of hydrogen-bond acceptors (Lipinski definition) is 2. The van der Waals surface area contributed by atoms with E-state index in [9.17, 15) is 9.90 Å². The summed E-state index contributed by atoms with van der Waals surface area (Å²) in [6.07, 6.45) is 10.9. The van der Waals surface area contributed by atoms with Crippen LogP contribution >= 0.6 is 0 Å². The molecule has 0 radical (unpaired) electrons. The second-order valence-corrected chi connectivity index (χ2v) is 9.65. The summed E-state index contributed by atoms with van der Waals surface area (Å²) in [7, 11) is 0. The molecule has 0 aliphatic heterocycles. The number of carbonyl (C=O) groups excluding carboxylic acids is 1. The minimum absolute atomic E-state index is 0.0216. The molecule has 1 N–H and O–H groups in total. The molecule has 0 spiro atoms. The van der Waals surface area contributed by atoms with Crippen molar-refractivity contribution in [2.24, 2.45) is 34.5 Å². The predicted octanol–water partition coefficient (Wildman–Crippen LogP) is 4.68. The number of allylic oxidation sites excluding steroid dienone is 1. The maximum atomic E-state index is 12.0. The molecule has 0 aromatic heterocycles. The number of ketones is 1. The van der Waals surface area contributed by atoms with Gasteiger partial charge in [0.25, 0.3) is 0 Å². The second-order valence-electron chi connectivity index (χ2n) is 9.65. The van der Waals surface area contributed by atoms with Crippen LogP contribution in [0.4, 0.5) is 0 Å². The fourth-order valence-corrected chi connectivity index (χ4v) is 7.29. The molecule has 2 nitrogen and oxygen atoms in total. The first-order valence-electron chi connectivity index (χ1n) is 9.85. The van der Waals surface area contributed by atoms with Crippen LogP contribution in [0.2, 0.25) is 0 Å². The van der Waals surface area contributed by atoms with Crippen LogP contribution in [-0.2, 0) is 4.79 Å². The summed E-state index contributed by atoms with van der Waals surface area (Å²) in [5.41, 5.74) is 0.920. The Labute approximate surface area is 146 Å². The van der Waals surface area contributed by atoms with Gasteiger partial charge in [0.1, 0.15) is 0 Å². The first kappa shape index (κ1) is 16.6. The highest BCUT2D eigenvalue weighted by atomic mass is 16.3. The van der Waals surface area contributed by atoms with Crippen LogP contribution in [0.5, 0.6) is 0 Å². The van der Waals surface area contributed by atoms with Crippen LogP contribution in [0.25, 0.3) is 0 Å². The van der Waals surface area contributed by atoms with E-state index in [1.165, 1.54) is 12.0 Å². The highest BCUT2D eigenvalue weighted by molar-refractivity contribution is 5.91. The van der Waals surface area contributed by atoms with Crippen LogP contribution in [0, 0.1) is 34.5 Å². The molecule has 0 saturated heterocycles. The summed E-state index contributed by atoms with van der Waals surface area (Å²) in [6.45, 7) is 11.1. The number of aliphatic hydroxyl groups is 1. The van der Waals surface area contributed by atoms with Gasteiger partial charge in [0, 0.05) is 11.8 Å². The van der Waals surface area contributed by atoms with E-state index < -0.39 is 5.60 Å². The average Bonchev–Trinajstić information content (AvgIpc) is 2.82. The first-order chi connectivity index (χ1) is 11.2. The van der Waals surface area contributed by atoms with Crippen molar-refractivity contribution in [3.63, 3.8) is 0 Å². The maximum Gasteiger partial charge on any atom is 0.155 e. The Kier molecular flexibility index (Phi) is 3.50. The summed E-state index contributed by atoms with van der Waals surface area (Å²) >= 11 is 0. The quantitative estimate of drug-likeness (QED) is 0.710. The summed E-state index contributed by atoms with van der Waals surface area (Å²) in [6, 6.07) is 0. The zero-order chi connectivity index (χ0) is 17.3. The van der Waals surface area contributed by atoms with Crippen LogP contribution in [-0.4, -0.2) is 16.5 Å². The van der Waals surface area contributed by atoms with Crippen molar-refractivity contribution in [2.75, 3.05) is 0 Å². The standard InChI is InChI=1S/C22H32O2/c1-5-22(24)11-8-18-19-14(2)12-15-13-16(23)6-9-20(15,3)17(19)7-10-21(18,22)4/h5,13-14,17-19,24H,1,6-12H2,2-4H3/t14-,17+,18+,19-,20+,21+,22+/m1/s1. The number of carbonyl (C=O) groups is 1. The van der Waals surface area contributed by atoms with Crippen molar-refractivity contribution < 1.29 is 9.90 Å². The largest absolute Gasteiger partial charge is 0.385 e. The lowest BCUT2D eigenvalue weighted by molar-refractivity contribution is -0.125. The molecule has 0 aromatic carbocycles. The number of rotatable bonds is 1. The van der Waals surface area contributed by atoms with E-state index in [-0.39, 0.29) is 10.8 Å². The Bertz CT molecular complexity index is 619. The van der Waals surface area contributed by atoms with Gasteiger partial charge in [0.05, 0.1) is 5.60 Å². The molecule has 24 heavy (non-hydrogen) atoms. The highest BCUT2D eigenvalue weighted by Crippen LogP contribution is 2.68. The third-order valence-electron chi connectivity index (χ3n) is 8.86. The smallest absolute Gasteiger partial charge is 0.155 e. The van der Waals surface area contributed by atoms with E-state index in [4.69, 9.17) is 0 Å². The van der Waals surface area contributed by atoms with Crippen molar-refractivity contribution in [1.29, 1.82) is 0 Å². The van der Waals surface area contributed by atoms with Gasteiger partial charge in [0.15, 0.2) is 5.78 Å². The lowest BCUT2D eigenvalue weighted by atomic mass is 9.44.